The Hall–Kier alpha value is -0.0800. The molecule has 2 atom stereocenters. The van der Waals surface area contributed by atoms with E-state index in [9.17, 15) is 0 Å². The third-order valence-electron chi connectivity index (χ3n) is 1.77. The molecule has 0 aliphatic carbocycles. The van der Waals surface area contributed by atoms with Gasteiger partial charge in [-0.1, -0.05) is 13.8 Å². The Morgan fingerprint density at radius 2 is 1.90 bits per heavy atom. The summed E-state index contributed by atoms with van der Waals surface area (Å²) in [5, 5.41) is 0. The van der Waals surface area contributed by atoms with Crippen molar-refractivity contribution in [3.63, 3.8) is 0 Å². The predicted octanol–water partition coefficient (Wildman–Crippen LogP) is 1.69. The third-order valence-corrected chi connectivity index (χ3v) is 1.77. The van der Waals surface area contributed by atoms with E-state index in [0.29, 0.717) is 12.0 Å². The minimum atomic E-state index is 0.347. The van der Waals surface area contributed by atoms with Crippen LogP contribution in [0, 0.1) is 5.92 Å². The van der Waals surface area contributed by atoms with E-state index in [1.54, 1.807) is 14.2 Å². The molecule has 0 radical (unpaired) electrons. The highest BCUT2D eigenvalue weighted by molar-refractivity contribution is 4.62. The molecular weight excluding hydrogens is 128 g/mol. The SMILES string of the molecule is CCC(OC)C(C)COC. The van der Waals surface area contributed by atoms with Crippen LogP contribution < -0.4 is 0 Å². The predicted molar refractivity (Wildman–Crippen MR) is 42.1 cm³/mol. The Morgan fingerprint density at radius 3 is 2.20 bits per heavy atom. The number of ether oxygens (including phenoxy) is 2. The van der Waals surface area contributed by atoms with Crippen molar-refractivity contribution in [2.24, 2.45) is 5.92 Å². The highest BCUT2D eigenvalue weighted by Crippen LogP contribution is 2.09. The average Bonchev–Trinajstić information content (AvgIpc) is 1.91. The van der Waals surface area contributed by atoms with E-state index in [2.05, 4.69) is 13.8 Å². The van der Waals surface area contributed by atoms with Gasteiger partial charge in [-0.3, -0.25) is 0 Å². The second kappa shape index (κ2) is 5.69. The van der Waals surface area contributed by atoms with Crippen molar-refractivity contribution in [3.05, 3.63) is 0 Å². The third kappa shape index (κ3) is 3.18. The first-order valence-electron chi connectivity index (χ1n) is 3.78. The zero-order valence-electron chi connectivity index (χ0n) is 7.39. The lowest BCUT2D eigenvalue weighted by Gasteiger charge is -2.19. The van der Waals surface area contributed by atoms with Gasteiger partial charge in [-0.15, -0.1) is 0 Å². The molecule has 0 heterocycles. The quantitative estimate of drug-likeness (QED) is 0.587. The summed E-state index contributed by atoms with van der Waals surface area (Å²) in [6, 6.07) is 0. The summed E-state index contributed by atoms with van der Waals surface area (Å²) in [5.74, 6) is 0.500. The van der Waals surface area contributed by atoms with E-state index in [1.807, 2.05) is 0 Å². The molecule has 10 heavy (non-hydrogen) atoms. The van der Waals surface area contributed by atoms with Gasteiger partial charge in [0.25, 0.3) is 0 Å². The van der Waals surface area contributed by atoms with Gasteiger partial charge in [0.15, 0.2) is 0 Å². The van der Waals surface area contributed by atoms with Gasteiger partial charge in [-0.2, -0.15) is 0 Å². The van der Waals surface area contributed by atoms with Gasteiger partial charge < -0.3 is 9.47 Å². The molecule has 0 amide bonds. The van der Waals surface area contributed by atoms with Gasteiger partial charge in [-0.05, 0) is 6.42 Å². The zero-order valence-corrected chi connectivity index (χ0v) is 7.39. The summed E-state index contributed by atoms with van der Waals surface area (Å²) in [6.45, 7) is 5.05. The molecule has 62 valence electrons. The lowest BCUT2D eigenvalue weighted by molar-refractivity contribution is 0.0200. The van der Waals surface area contributed by atoms with Crippen LogP contribution in [0.25, 0.3) is 0 Å². The summed E-state index contributed by atoms with van der Waals surface area (Å²) in [4.78, 5) is 0. The molecule has 0 spiro atoms. The molecule has 0 aromatic carbocycles. The molecule has 0 saturated heterocycles. The van der Waals surface area contributed by atoms with Gasteiger partial charge >= 0.3 is 0 Å². The Kier molecular flexibility index (Phi) is 5.64. The van der Waals surface area contributed by atoms with Crippen LogP contribution >= 0.6 is 0 Å². The Morgan fingerprint density at radius 1 is 1.30 bits per heavy atom. The zero-order chi connectivity index (χ0) is 7.98. The van der Waals surface area contributed by atoms with Crippen LogP contribution in [0.2, 0.25) is 0 Å². The summed E-state index contributed by atoms with van der Waals surface area (Å²) in [7, 11) is 3.47. The normalized spacial score (nSPS) is 16.8. The molecular formula is C8H18O2. The Balaban J connectivity index is 3.53. The van der Waals surface area contributed by atoms with Crippen LogP contribution in [0.1, 0.15) is 20.3 Å². The molecule has 0 aliphatic rings. The second-order valence-electron chi connectivity index (χ2n) is 2.62. The molecule has 0 aliphatic heterocycles. The minimum Gasteiger partial charge on any atom is -0.384 e. The van der Waals surface area contributed by atoms with E-state index in [-0.39, 0.29) is 0 Å². The van der Waals surface area contributed by atoms with Crippen molar-refractivity contribution in [2.45, 2.75) is 26.4 Å². The van der Waals surface area contributed by atoms with Gasteiger partial charge in [0.2, 0.25) is 0 Å². The van der Waals surface area contributed by atoms with Crippen LogP contribution in [0.4, 0.5) is 0 Å². The molecule has 0 bridgehead atoms. The van der Waals surface area contributed by atoms with E-state index < -0.39 is 0 Å². The standard InChI is InChI=1S/C8H18O2/c1-5-8(10-4)7(2)6-9-3/h7-8H,5-6H2,1-4H3. The van der Waals surface area contributed by atoms with Gasteiger partial charge in [-0.25, -0.2) is 0 Å². The van der Waals surface area contributed by atoms with E-state index in [4.69, 9.17) is 9.47 Å². The van der Waals surface area contributed by atoms with Crippen molar-refractivity contribution >= 4 is 0 Å². The molecule has 2 nitrogen and oxygen atoms in total. The first-order valence-corrected chi connectivity index (χ1v) is 3.78. The van der Waals surface area contributed by atoms with Crippen LogP contribution in [-0.2, 0) is 9.47 Å². The van der Waals surface area contributed by atoms with Gasteiger partial charge in [0.05, 0.1) is 12.7 Å². The van der Waals surface area contributed by atoms with Gasteiger partial charge in [0, 0.05) is 20.1 Å². The molecule has 0 rings (SSSR count). The lowest BCUT2D eigenvalue weighted by atomic mass is 10.0. The molecule has 0 aromatic rings. The fourth-order valence-corrected chi connectivity index (χ4v) is 1.17. The Bertz CT molecular complexity index is 69.7. The minimum absolute atomic E-state index is 0.347. The van der Waals surface area contributed by atoms with E-state index >= 15 is 0 Å². The molecule has 0 aromatic heterocycles. The van der Waals surface area contributed by atoms with Crippen molar-refractivity contribution in [1.82, 2.24) is 0 Å². The van der Waals surface area contributed by atoms with Gasteiger partial charge in [0.1, 0.15) is 0 Å². The average molecular weight is 146 g/mol. The van der Waals surface area contributed by atoms with Crippen LogP contribution in [0.15, 0.2) is 0 Å². The molecule has 0 N–H and O–H groups in total. The number of methoxy groups -OCH3 is 2. The molecule has 0 saturated carbocycles. The monoisotopic (exact) mass is 146 g/mol. The maximum atomic E-state index is 5.23. The highest BCUT2D eigenvalue weighted by atomic mass is 16.5. The highest BCUT2D eigenvalue weighted by Gasteiger charge is 2.13. The maximum absolute atomic E-state index is 5.23. The van der Waals surface area contributed by atoms with Crippen LogP contribution in [0.5, 0.6) is 0 Å². The van der Waals surface area contributed by atoms with Crippen molar-refractivity contribution in [1.29, 1.82) is 0 Å². The maximum Gasteiger partial charge on any atom is 0.0616 e. The second-order valence-corrected chi connectivity index (χ2v) is 2.62. The Labute approximate surface area is 63.5 Å². The van der Waals surface area contributed by atoms with Crippen molar-refractivity contribution < 1.29 is 9.47 Å². The first-order chi connectivity index (χ1) is 4.76. The summed E-state index contributed by atoms with van der Waals surface area (Å²) >= 11 is 0. The van der Waals surface area contributed by atoms with Crippen LogP contribution in [0.3, 0.4) is 0 Å². The largest absolute Gasteiger partial charge is 0.384 e. The molecule has 2 heteroatoms. The lowest BCUT2D eigenvalue weighted by Crippen LogP contribution is -2.23. The smallest absolute Gasteiger partial charge is 0.0616 e. The number of hydrogen-bond donors (Lipinski definition) is 0. The van der Waals surface area contributed by atoms with Crippen molar-refractivity contribution in [2.75, 3.05) is 20.8 Å². The molecule has 0 fully saturated rings. The fraction of sp³-hybridized carbons (Fsp3) is 1.00. The van der Waals surface area contributed by atoms with Crippen molar-refractivity contribution in [3.8, 4) is 0 Å². The topological polar surface area (TPSA) is 18.5 Å². The number of rotatable bonds is 5. The van der Waals surface area contributed by atoms with E-state index in [0.717, 1.165) is 13.0 Å². The van der Waals surface area contributed by atoms with Crippen LogP contribution in [-0.4, -0.2) is 26.9 Å². The van der Waals surface area contributed by atoms with E-state index in [1.165, 1.54) is 0 Å². The summed E-state index contributed by atoms with van der Waals surface area (Å²) < 4.78 is 10.2. The summed E-state index contributed by atoms with van der Waals surface area (Å²) in [5.41, 5.74) is 0. The fourth-order valence-electron chi connectivity index (χ4n) is 1.17. The first kappa shape index (κ1) is 9.92. The number of hydrogen-bond acceptors (Lipinski definition) is 2. The summed E-state index contributed by atoms with van der Waals surface area (Å²) in [6.07, 6.45) is 1.40. The molecule has 2 unspecified atom stereocenters.